The molecule has 0 saturated heterocycles. The van der Waals surface area contributed by atoms with Gasteiger partial charge in [0.25, 0.3) is 0 Å². The number of benzene rings is 1. The van der Waals surface area contributed by atoms with Crippen LogP contribution in [0.3, 0.4) is 0 Å². The first-order valence-corrected chi connectivity index (χ1v) is 5.55. The van der Waals surface area contributed by atoms with Gasteiger partial charge >= 0.3 is 6.18 Å². The predicted octanol–water partition coefficient (Wildman–Crippen LogP) is 2.98. The zero-order valence-corrected chi connectivity index (χ0v) is 9.83. The van der Waals surface area contributed by atoms with Crippen LogP contribution < -0.4 is 5.73 Å². The normalized spacial score (nSPS) is 13.8. The summed E-state index contributed by atoms with van der Waals surface area (Å²) in [7, 11) is 0. The van der Waals surface area contributed by atoms with Gasteiger partial charge in [-0.1, -0.05) is 18.2 Å². The van der Waals surface area contributed by atoms with Gasteiger partial charge in [-0.2, -0.15) is 13.2 Å². The number of alkyl halides is 3. The maximum atomic E-state index is 12.5. The molecule has 0 aliphatic heterocycles. The third-order valence-electron chi connectivity index (χ3n) is 2.79. The topological polar surface area (TPSA) is 38.9 Å². The molecule has 1 atom stereocenters. The number of hydrogen-bond donors (Lipinski definition) is 1. The number of rotatable bonds is 2. The van der Waals surface area contributed by atoms with Crippen LogP contribution in [0.25, 0.3) is 10.9 Å². The zero-order valence-electron chi connectivity index (χ0n) is 9.83. The SMILES string of the molecule is Cc1cc(CC(N)C(F)(F)F)c2ccccc2n1. The molecular weight excluding hydrogens is 241 g/mol. The van der Waals surface area contributed by atoms with E-state index in [-0.39, 0.29) is 6.42 Å². The maximum absolute atomic E-state index is 12.5. The van der Waals surface area contributed by atoms with Gasteiger partial charge in [0.15, 0.2) is 0 Å². The summed E-state index contributed by atoms with van der Waals surface area (Å²) < 4.78 is 37.5. The largest absolute Gasteiger partial charge is 0.403 e. The molecule has 2 aromatic rings. The van der Waals surface area contributed by atoms with Gasteiger partial charge in [-0.05, 0) is 31.0 Å². The number of fused-ring (bicyclic) bond motifs is 1. The highest BCUT2D eigenvalue weighted by Crippen LogP contribution is 2.25. The lowest BCUT2D eigenvalue weighted by Gasteiger charge is -2.16. The van der Waals surface area contributed by atoms with Crippen molar-refractivity contribution in [1.82, 2.24) is 4.98 Å². The summed E-state index contributed by atoms with van der Waals surface area (Å²) in [4.78, 5) is 4.28. The molecule has 0 aliphatic rings. The number of hydrogen-bond acceptors (Lipinski definition) is 2. The first-order valence-electron chi connectivity index (χ1n) is 5.55. The molecule has 1 aromatic heterocycles. The van der Waals surface area contributed by atoms with Crippen LogP contribution in [0.5, 0.6) is 0 Å². The summed E-state index contributed by atoms with van der Waals surface area (Å²) in [6.45, 7) is 1.76. The average molecular weight is 254 g/mol. The molecule has 0 fully saturated rings. The quantitative estimate of drug-likeness (QED) is 0.894. The Balaban J connectivity index is 2.44. The van der Waals surface area contributed by atoms with E-state index in [1.165, 1.54) is 0 Å². The van der Waals surface area contributed by atoms with E-state index >= 15 is 0 Å². The minimum atomic E-state index is -4.38. The van der Waals surface area contributed by atoms with Gasteiger partial charge in [0.05, 0.1) is 5.52 Å². The van der Waals surface area contributed by atoms with Crippen LogP contribution in [-0.4, -0.2) is 17.2 Å². The van der Waals surface area contributed by atoms with Crippen LogP contribution in [-0.2, 0) is 6.42 Å². The summed E-state index contributed by atoms with van der Waals surface area (Å²) in [5.41, 5.74) is 7.15. The van der Waals surface area contributed by atoms with Crippen molar-refractivity contribution in [3.63, 3.8) is 0 Å². The van der Waals surface area contributed by atoms with E-state index in [0.29, 0.717) is 16.8 Å². The summed E-state index contributed by atoms with van der Waals surface area (Å²) >= 11 is 0. The van der Waals surface area contributed by atoms with Crippen molar-refractivity contribution < 1.29 is 13.2 Å². The first-order chi connectivity index (χ1) is 8.38. The van der Waals surface area contributed by atoms with E-state index in [2.05, 4.69) is 4.98 Å². The smallest absolute Gasteiger partial charge is 0.320 e. The van der Waals surface area contributed by atoms with Crippen molar-refractivity contribution >= 4 is 10.9 Å². The summed E-state index contributed by atoms with van der Waals surface area (Å²) in [5, 5.41) is 0.725. The van der Waals surface area contributed by atoms with Gasteiger partial charge in [0, 0.05) is 11.1 Å². The lowest BCUT2D eigenvalue weighted by molar-refractivity contribution is -0.147. The van der Waals surface area contributed by atoms with Crippen molar-refractivity contribution in [2.24, 2.45) is 5.73 Å². The van der Waals surface area contributed by atoms with Crippen LogP contribution in [0.1, 0.15) is 11.3 Å². The van der Waals surface area contributed by atoms with E-state index in [1.54, 1.807) is 31.2 Å². The second-order valence-electron chi connectivity index (χ2n) is 4.29. The minimum absolute atomic E-state index is 0.229. The van der Waals surface area contributed by atoms with E-state index in [1.807, 2.05) is 6.07 Å². The Morgan fingerprint density at radius 1 is 1.28 bits per heavy atom. The zero-order chi connectivity index (χ0) is 13.3. The first kappa shape index (κ1) is 12.8. The number of pyridine rings is 1. The minimum Gasteiger partial charge on any atom is -0.320 e. The predicted molar refractivity (Wildman–Crippen MR) is 64.2 cm³/mol. The fourth-order valence-corrected chi connectivity index (χ4v) is 1.92. The molecule has 1 heterocycles. The third-order valence-corrected chi connectivity index (χ3v) is 2.79. The number of nitrogens with two attached hydrogens (primary N) is 1. The maximum Gasteiger partial charge on any atom is 0.403 e. The molecule has 18 heavy (non-hydrogen) atoms. The lowest BCUT2D eigenvalue weighted by Crippen LogP contribution is -2.39. The standard InChI is InChI=1S/C13H13F3N2/c1-8-6-9(7-12(17)13(14,15)16)10-4-2-3-5-11(10)18-8/h2-6,12H,7,17H2,1H3. The van der Waals surface area contributed by atoms with Crippen LogP contribution >= 0.6 is 0 Å². The highest BCUT2D eigenvalue weighted by atomic mass is 19.4. The molecule has 2 N–H and O–H groups in total. The molecule has 0 radical (unpaired) electrons. The highest BCUT2D eigenvalue weighted by Gasteiger charge is 2.36. The van der Waals surface area contributed by atoms with Crippen molar-refractivity contribution in [2.45, 2.75) is 25.6 Å². The Morgan fingerprint density at radius 3 is 2.61 bits per heavy atom. The number of para-hydroxylation sites is 1. The highest BCUT2D eigenvalue weighted by molar-refractivity contribution is 5.82. The number of aromatic nitrogens is 1. The molecule has 1 aromatic carbocycles. The van der Waals surface area contributed by atoms with Gasteiger partial charge in [0.2, 0.25) is 0 Å². The van der Waals surface area contributed by atoms with E-state index < -0.39 is 12.2 Å². The molecule has 0 amide bonds. The molecule has 0 spiro atoms. The second kappa shape index (κ2) is 4.57. The summed E-state index contributed by atoms with van der Waals surface area (Å²) in [6, 6.07) is 6.95. The van der Waals surface area contributed by atoms with Gasteiger partial charge in [-0.25, -0.2) is 0 Å². The molecule has 2 nitrogen and oxygen atoms in total. The molecule has 0 aliphatic carbocycles. The number of aryl methyl sites for hydroxylation is 1. The second-order valence-corrected chi connectivity index (χ2v) is 4.29. The van der Waals surface area contributed by atoms with Gasteiger partial charge < -0.3 is 5.73 Å². The number of halogens is 3. The summed E-state index contributed by atoms with van der Waals surface area (Å²) in [6.07, 6.45) is -4.61. The fourth-order valence-electron chi connectivity index (χ4n) is 1.92. The van der Waals surface area contributed by atoms with Gasteiger partial charge in [-0.3, -0.25) is 4.98 Å². The molecule has 0 bridgehead atoms. The van der Waals surface area contributed by atoms with Crippen LogP contribution in [0.4, 0.5) is 13.2 Å². The summed E-state index contributed by atoms with van der Waals surface area (Å²) in [5.74, 6) is 0. The molecule has 2 rings (SSSR count). The Labute approximate surface area is 103 Å². The van der Waals surface area contributed by atoms with Crippen molar-refractivity contribution in [3.05, 3.63) is 41.6 Å². The van der Waals surface area contributed by atoms with E-state index in [9.17, 15) is 13.2 Å². The van der Waals surface area contributed by atoms with E-state index in [0.717, 1.165) is 5.39 Å². The van der Waals surface area contributed by atoms with Gasteiger partial charge in [-0.15, -0.1) is 0 Å². The molecule has 5 heteroatoms. The van der Waals surface area contributed by atoms with Crippen LogP contribution in [0.15, 0.2) is 30.3 Å². The monoisotopic (exact) mass is 254 g/mol. The van der Waals surface area contributed by atoms with Crippen LogP contribution in [0, 0.1) is 6.92 Å². The Bertz CT molecular complexity index is 564. The Kier molecular flexibility index (Phi) is 3.26. The third kappa shape index (κ3) is 2.61. The van der Waals surface area contributed by atoms with Crippen LogP contribution in [0.2, 0.25) is 0 Å². The fraction of sp³-hybridized carbons (Fsp3) is 0.308. The average Bonchev–Trinajstić information content (AvgIpc) is 2.27. The van der Waals surface area contributed by atoms with E-state index in [4.69, 9.17) is 5.73 Å². The molecular formula is C13H13F3N2. The number of nitrogens with zero attached hydrogens (tertiary/aromatic N) is 1. The lowest BCUT2D eigenvalue weighted by atomic mass is 10.0. The molecule has 0 saturated carbocycles. The van der Waals surface area contributed by atoms with Crippen molar-refractivity contribution in [2.75, 3.05) is 0 Å². The van der Waals surface area contributed by atoms with Crippen molar-refractivity contribution in [1.29, 1.82) is 0 Å². The van der Waals surface area contributed by atoms with Crippen molar-refractivity contribution in [3.8, 4) is 0 Å². The molecule has 1 unspecified atom stereocenters. The Morgan fingerprint density at radius 2 is 1.94 bits per heavy atom. The van der Waals surface area contributed by atoms with Gasteiger partial charge in [0.1, 0.15) is 6.04 Å². The Hall–Kier alpha value is -1.62. The molecule has 96 valence electrons.